The Labute approximate surface area is 692 Å². The van der Waals surface area contributed by atoms with Gasteiger partial charge in [0.1, 0.15) is 23.0 Å². The summed E-state index contributed by atoms with van der Waals surface area (Å²) in [6, 6.07) is 18.5. The molecule has 33 nitrogen and oxygen atoms in total. The van der Waals surface area contributed by atoms with E-state index in [-0.39, 0.29) is 158 Å². The fraction of sp³-hybridized carbons (Fsp3) is 0.365. The lowest BCUT2D eigenvalue weighted by atomic mass is 10.0. The number of halogens is 1. The third kappa shape index (κ3) is 24.0. The van der Waals surface area contributed by atoms with Crippen LogP contribution in [-0.2, 0) is 108 Å². The van der Waals surface area contributed by atoms with Gasteiger partial charge in [-0.15, -0.1) is 0 Å². The molecule has 34 heteroatoms. The molecule has 8 heterocycles. The molecule has 626 valence electrons. The molecule has 0 fully saturated rings. The molecule has 0 unspecified atom stereocenters. The lowest BCUT2D eigenvalue weighted by molar-refractivity contribution is -0.122. The van der Waals surface area contributed by atoms with Crippen LogP contribution in [0.25, 0.3) is 0 Å². The van der Waals surface area contributed by atoms with Crippen molar-refractivity contribution in [2.45, 2.75) is 110 Å². The molecule has 2 aromatic carbocycles. The van der Waals surface area contributed by atoms with Gasteiger partial charge in [-0.25, -0.2) is 15.0 Å². The van der Waals surface area contributed by atoms with E-state index >= 15 is 0 Å². The Morgan fingerprint density at radius 2 is 0.849 bits per heavy atom. The van der Waals surface area contributed by atoms with Crippen LogP contribution >= 0.6 is 11.6 Å². The van der Waals surface area contributed by atoms with E-state index in [4.69, 9.17) is 16.3 Å². The Balaban J connectivity index is 0.601. The van der Waals surface area contributed by atoms with E-state index in [1.807, 2.05) is 27.9 Å². The average Bonchev–Trinajstić information content (AvgIpc) is 1.60. The maximum absolute atomic E-state index is 13.7. The number of imidazole rings is 3. The van der Waals surface area contributed by atoms with Gasteiger partial charge in [-0.2, -0.15) is 0 Å². The lowest BCUT2D eigenvalue weighted by Gasteiger charge is -2.13. The molecule has 0 bridgehead atoms. The maximum Gasteiger partial charge on any atom is 0.292 e. The third-order valence-corrected chi connectivity index (χ3v) is 20.2. The number of nitrogens with zero attached hydrogens (tertiary/aromatic N) is 12. The molecule has 10 rings (SSSR count). The summed E-state index contributed by atoms with van der Waals surface area (Å²) in [4.78, 5) is 188. The largest absolute Gasteiger partial charge is 0.493 e. The van der Waals surface area contributed by atoms with Gasteiger partial charge in [0.2, 0.25) is 29.3 Å². The van der Waals surface area contributed by atoms with E-state index in [9.17, 15) is 62.3 Å². The molecule has 0 aliphatic rings. The number of rotatable bonds is 43. The number of hydrogen-bond donors (Lipinski definition) is 7. The predicted molar refractivity (Wildman–Crippen MR) is 447 cm³/mol. The van der Waals surface area contributed by atoms with E-state index in [0.29, 0.717) is 99.5 Å². The van der Waals surface area contributed by atoms with Gasteiger partial charge in [0, 0.05) is 194 Å². The van der Waals surface area contributed by atoms with Gasteiger partial charge in [-0.1, -0.05) is 17.7 Å². The highest BCUT2D eigenvalue weighted by Crippen LogP contribution is 2.27. The summed E-state index contributed by atoms with van der Waals surface area (Å²) in [6.07, 6.45) is 16.7. The van der Waals surface area contributed by atoms with Gasteiger partial charge in [0.15, 0.2) is 40.6 Å². The van der Waals surface area contributed by atoms with Gasteiger partial charge in [-0.3, -0.25) is 62.3 Å². The van der Waals surface area contributed by atoms with Crippen molar-refractivity contribution < 1.29 is 67.1 Å². The minimum Gasteiger partial charge on any atom is -0.493 e. The maximum atomic E-state index is 13.7. The molecule has 0 aliphatic heterocycles. The Morgan fingerprint density at radius 3 is 1.36 bits per heavy atom. The summed E-state index contributed by atoms with van der Waals surface area (Å²) in [5.41, 5.74) is 7.17. The molecule has 7 N–H and O–H groups in total. The van der Waals surface area contributed by atoms with Crippen LogP contribution < -0.4 is 42.0 Å². The van der Waals surface area contributed by atoms with E-state index in [0.717, 1.165) is 30.5 Å². The van der Waals surface area contributed by atoms with Crippen LogP contribution in [0.5, 0.6) is 5.75 Å². The van der Waals surface area contributed by atoms with E-state index in [1.54, 1.807) is 146 Å². The highest BCUT2D eigenvalue weighted by atomic mass is 35.5. The quantitative estimate of drug-likeness (QED) is 0.0138. The van der Waals surface area contributed by atoms with E-state index in [2.05, 4.69) is 57.1 Å². The number of ether oxygens (including phenoxy) is 1. The second kappa shape index (κ2) is 40.1. The third-order valence-electron chi connectivity index (χ3n) is 19.7. The van der Waals surface area contributed by atoms with Crippen molar-refractivity contribution in [3.63, 3.8) is 0 Å². The van der Waals surface area contributed by atoms with Gasteiger partial charge in [0.05, 0.1) is 40.6 Å². The van der Waals surface area contributed by atoms with Crippen molar-refractivity contribution in [1.29, 1.82) is 0 Å². The summed E-state index contributed by atoms with van der Waals surface area (Å²) < 4.78 is 18.1. The first-order chi connectivity index (χ1) is 56.6. The van der Waals surface area contributed by atoms with Crippen LogP contribution in [0, 0.1) is 6.92 Å². The predicted octanol–water partition coefficient (Wildman–Crippen LogP) is 9.28. The minimum atomic E-state index is -0.731. The number of amides is 7. The van der Waals surface area contributed by atoms with E-state index < -0.39 is 35.4 Å². The summed E-state index contributed by atoms with van der Waals surface area (Å²) in [5, 5.41) is 19.5. The molecule has 7 amide bonds. The number of benzene rings is 2. The molecule has 0 saturated carbocycles. The molecule has 119 heavy (non-hydrogen) atoms. The second-order valence-electron chi connectivity index (χ2n) is 30.0. The molecule has 8 aromatic heterocycles. The first-order valence-electron chi connectivity index (χ1n) is 39.0. The minimum absolute atomic E-state index is 0.00193. The second-order valence-corrected chi connectivity index (χ2v) is 30.4. The highest BCUT2D eigenvalue weighted by Gasteiger charge is 2.27. The number of carbonyl (C=O) groups excluding carboxylic acids is 13. The number of Topliss-reactive ketones (excluding diaryl/α,β-unsaturated/α-hetero) is 6. The van der Waals surface area contributed by atoms with Crippen LogP contribution in [-0.4, -0.2) is 173 Å². The van der Waals surface area contributed by atoms with Gasteiger partial charge in [-0.05, 0) is 161 Å². The smallest absolute Gasteiger partial charge is 0.292 e. The lowest BCUT2D eigenvalue weighted by Crippen LogP contribution is -2.27. The van der Waals surface area contributed by atoms with Crippen molar-refractivity contribution in [3.05, 3.63) is 206 Å². The summed E-state index contributed by atoms with van der Waals surface area (Å²) in [7, 11) is 17.2. The first-order valence-corrected chi connectivity index (χ1v) is 39.3. The zero-order valence-corrected chi connectivity index (χ0v) is 69.6. The number of hydrogen-bond acceptors (Lipinski definition) is 18. The van der Waals surface area contributed by atoms with Gasteiger partial charge in [0.25, 0.3) is 29.5 Å². The number of unbranched alkanes of at least 4 members (excludes halogenated alkanes) is 2. The summed E-state index contributed by atoms with van der Waals surface area (Å²) >= 11 is 6.15. The molecule has 0 radical (unpaired) electrons. The van der Waals surface area contributed by atoms with Crippen molar-refractivity contribution in [2.24, 2.45) is 56.4 Å². The Bertz CT molecular complexity index is 5540. The van der Waals surface area contributed by atoms with Crippen molar-refractivity contribution in [3.8, 4) is 5.75 Å². The van der Waals surface area contributed by atoms with Crippen molar-refractivity contribution in [2.75, 3.05) is 66.9 Å². The SMILES string of the molecule is CCOc1ccc(CC(=O)CCCCC(=O)NCCC(=O)Nc2cc(C(=O)Nc3cn(C)c(C(=O)Nc4cn(C)c(C(=O)Nc5cn(C)c(C(=O)NCCCC(=O)Cc6cc(C(=O)Cc7cc(C(=O)Cc8cc(C(=O)Cc9cc(C(=O)CCCCN(C)C)n(C)c9)n(C)c8)n(C)c7)n(C)c6)n5)n4)n3)n(C)c2)cc1C(=O)Nc1ccc(Cl)c(C)c1. The highest BCUT2D eigenvalue weighted by molar-refractivity contribution is 6.31. The standard InChI is InChI=1S/C85H100ClN19O14/c1-13-119-72-26-23-52(34-61(72)81(114)90-57-24-25-62(86)51(2)31-57)32-59(106)19-14-15-22-76(112)87-29-27-77(113)89-58-42-67(102(9)47-58)82(115)94-73-48-104(11)79(92-73)84(117)96-75-50-105(12)80(93-75)85(118)95-74-49-103(10)78(91-74)83(116)88-28-18-20-60(107)33-53-35-64(99(6)43-53)69(109)40-55-37-66(101(8)45-55)71(111)41-56-38-65(100(7)46-56)70(110)39-54-36-63(98(5)44-54)68(108)21-16-17-30-97(3)4/h23-26,31,34-38,42-50H,13-22,27-30,32-33,39-41H2,1-12H3,(H,87,112)(H,88,116)(H,89,113)(H,90,114)(H,94,115)(H,95,118)(H,96,117). The molecular formula is C85H100ClN19O14. The monoisotopic (exact) mass is 1650 g/mol. The van der Waals surface area contributed by atoms with Crippen LogP contribution in [0.3, 0.4) is 0 Å². The van der Waals surface area contributed by atoms with Crippen molar-refractivity contribution >= 4 is 116 Å². The fourth-order valence-corrected chi connectivity index (χ4v) is 13.9. The number of aryl methyl sites for hydroxylation is 9. The molecule has 0 aliphatic carbocycles. The van der Waals surface area contributed by atoms with Crippen molar-refractivity contribution in [1.82, 2.24) is 67.0 Å². The molecule has 0 atom stereocenters. The zero-order valence-electron chi connectivity index (χ0n) is 68.9. The van der Waals surface area contributed by atoms with Crippen LogP contribution in [0.4, 0.5) is 28.8 Å². The summed E-state index contributed by atoms with van der Waals surface area (Å²) in [6.45, 7) is 5.05. The summed E-state index contributed by atoms with van der Waals surface area (Å²) in [5.74, 6) is -4.33. The Hall–Kier alpha value is -13.2. The fourth-order valence-electron chi connectivity index (χ4n) is 13.8. The van der Waals surface area contributed by atoms with Gasteiger partial charge < -0.3 is 83.4 Å². The van der Waals surface area contributed by atoms with Crippen LogP contribution in [0.15, 0.2) is 116 Å². The van der Waals surface area contributed by atoms with E-state index in [1.165, 1.54) is 63.2 Å². The number of ketones is 6. The van der Waals surface area contributed by atoms with Gasteiger partial charge >= 0.3 is 0 Å². The molecular weight excluding hydrogens is 1550 g/mol. The topological polar surface area (TPSA) is 397 Å². The Kier molecular flexibility index (Phi) is 29.7. The molecule has 0 spiro atoms. The first kappa shape index (κ1) is 88.2. The average molecular weight is 1650 g/mol. The molecule has 10 aromatic rings. The Morgan fingerprint density at radius 1 is 0.387 bits per heavy atom. The van der Waals surface area contributed by atoms with Crippen LogP contribution in [0.2, 0.25) is 5.02 Å². The van der Waals surface area contributed by atoms with Crippen LogP contribution in [0.1, 0.15) is 199 Å². The number of carbonyl (C=O) groups is 13. The normalized spacial score (nSPS) is 11.2. The zero-order chi connectivity index (χ0) is 86.1. The number of anilines is 5. The molecule has 0 saturated heterocycles. The number of nitrogens with one attached hydrogen (secondary N) is 7. The number of aromatic nitrogens is 11.